The van der Waals surface area contributed by atoms with Gasteiger partial charge in [0.25, 0.3) is 0 Å². The van der Waals surface area contributed by atoms with Gasteiger partial charge < -0.3 is 5.11 Å². The number of aliphatic hydroxyl groups is 1. The molecule has 1 aliphatic rings. The molecule has 2 rings (SSSR count). The molecule has 1 aromatic rings. The van der Waals surface area contributed by atoms with Gasteiger partial charge >= 0.3 is 6.18 Å². The first-order chi connectivity index (χ1) is 7.25. The predicted octanol–water partition coefficient (Wildman–Crippen LogP) is 3.07. The number of halogens is 4. The van der Waals surface area contributed by atoms with Gasteiger partial charge in [0.1, 0.15) is 5.82 Å². The maximum absolute atomic E-state index is 13.0. The van der Waals surface area contributed by atoms with E-state index in [1.165, 1.54) is 6.07 Å². The predicted molar refractivity (Wildman–Crippen MR) is 49.1 cm³/mol. The molecule has 2 atom stereocenters. The lowest BCUT2D eigenvalue weighted by atomic mass is 10.0. The first-order valence-electron chi connectivity index (χ1n) is 4.85. The molecule has 0 spiro atoms. The Hall–Kier alpha value is -1.10. The van der Waals surface area contributed by atoms with Crippen molar-refractivity contribution < 1.29 is 22.7 Å². The topological polar surface area (TPSA) is 20.2 Å². The number of alkyl halides is 3. The van der Waals surface area contributed by atoms with E-state index in [1.54, 1.807) is 6.92 Å². The first-order valence-corrected chi connectivity index (χ1v) is 4.85. The van der Waals surface area contributed by atoms with Gasteiger partial charge in [-0.3, -0.25) is 0 Å². The fraction of sp³-hybridized carbons (Fsp3) is 0.455. The molecule has 1 N–H and O–H groups in total. The molecular weight excluding hydrogens is 224 g/mol. The standard InChI is InChI=1S/C11H10F4O/c1-6-5-10(6,16)7-2-3-9(12)8(4-7)11(13,14)15/h2-4,6,16H,5H2,1H3. The summed E-state index contributed by atoms with van der Waals surface area (Å²) >= 11 is 0. The van der Waals surface area contributed by atoms with Crippen LogP contribution in [-0.2, 0) is 11.8 Å². The summed E-state index contributed by atoms with van der Waals surface area (Å²) in [5, 5.41) is 9.86. The summed E-state index contributed by atoms with van der Waals surface area (Å²) in [7, 11) is 0. The molecule has 88 valence electrons. The largest absolute Gasteiger partial charge is 0.419 e. The van der Waals surface area contributed by atoms with Gasteiger partial charge in [0.2, 0.25) is 0 Å². The van der Waals surface area contributed by atoms with Crippen molar-refractivity contribution in [3.05, 3.63) is 35.1 Å². The minimum Gasteiger partial charge on any atom is -0.385 e. The Morgan fingerprint density at radius 2 is 1.94 bits per heavy atom. The molecule has 1 saturated carbocycles. The van der Waals surface area contributed by atoms with Crippen LogP contribution in [0, 0.1) is 11.7 Å². The molecule has 1 nitrogen and oxygen atoms in total. The summed E-state index contributed by atoms with van der Waals surface area (Å²) in [4.78, 5) is 0. The Bertz CT molecular complexity index is 426. The second-order valence-electron chi connectivity index (χ2n) is 4.22. The van der Waals surface area contributed by atoms with Crippen molar-refractivity contribution >= 4 is 0 Å². The molecule has 0 heterocycles. The normalized spacial score (nSPS) is 29.2. The third-order valence-electron chi connectivity index (χ3n) is 3.04. The van der Waals surface area contributed by atoms with Crippen LogP contribution in [0.4, 0.5) is 17.6 Å². The highest BCUT2D eigenvalue weighted by atomic mass is 19.4. The van der Waals surface area contributed by atoms with Gasteiger partial charge in [-0.1, -0.05) is 13.0 Å². The molecule has 2 unspecified atom stereocenters. The second kappa shape index (κ2) is 3.20. The quantitative estimate of drug-likeness (QED) is 0.740. The maximum atomic E-state index is 13.0. The van der Waals surface area contributed by atoms with Crippen LogP contribution in [0.2, 0.25) is 0 Å². The lowest BCUT2D eigenvalue weighted by Crippen LogP contribution is -2.13. The minimum atomic E-state index is -4.73. The molecule has 0 bridgehead atoms. The molecular formula is C11H10F4O. The van der Waals surface area contributed by atoms with Crippen molar-refractivity contribution in [1.29, 1.82) is 0 Å². The van der Waals surface area contributed by atoms with E-state index < -0.39 is 23.2 Å². The van der Waals surface area contributed by atoms with Gasteiger partial charge in [-0.15, -0.1) is 0 Å². The summed E-state index contributed by atoms with van der Waals surface area (Å²) in [6.45, 7) is 1.73. The molecule has 0 aromatic heterocycles. The molecule has 1 aliphatic carbocycles. The fourth-order valence-electron chi connectivity index (χ4n) is 1.82. The molecule has 0 radical (unpaired) electrons. The molecule has 0 aliphatic heterocycles. The van der Waals surface area contributed by atoms with Gasteiger partial charge in [0, 0.05) is 0 Å². The lowest BCUT2D eigenvalue weighted by molar-refractivity contribution is -0.140. The van der Waals surface area contributed by atoms with Crippen molar-refractivity contribution in [1.82, 2.24) is 0 Å². The van der Waals surface area contributed by atoms with Crippen LogP contribution in [0.15, 0.2) is 18.2 Å². The minimum absolute atomic E-state index is 0.0842. The lowest BCUT2D eigenvalue weighted by Gasteiger charge is -2.13. The highest BCUT2D eigenvalue weighted by Crippen LogP contribution is 2.52. The van der Waals surface area contributed by atoms with Crippen LogP contribution in [0.3, 0.4) is 0 Å². The van der Waals surface area contributed by atoms with Gasteiger partial charge in [0.05, 0.1) is 11.2 Å². The molecule has 5 heteroatoms. The summed E-state index contributed by atoms with van der Waals surface area (Å²) in [5.41, 5.74) is -2.40. The van der Waals surface area contributed by atoms with Crippen LogP contribution in [-0.4, -0.2) is 5.11 Å². The van der Waals surface area contributed by atoms with Crippen LogP contribution >= 0.6 is 0 Å². The van der Waals surface area contributed by atoms with E-state index >= 15 is 0 Å². The fourth-order valence-corrected chi connectivity index (χ4v) is 1.82. The monoisotopic (exact) mass is 234 g/mol. The average molecular weight is 234 g/mol. The Balaban J connectivity index is 2.45. The number of rotatable bonds is 1. The molecule has 1 fully saturated rings. The SMILES string of the molecule is CC1CC1(O)c1ccc(F)c(C(F)(F)F)c1. The average Bonchev–Trinajstić information content (AvgIpc) is 2.74. The zero-order valence-corrected chi connectivity index (χ0v) is 8.48. The van der Waals surface area contributed by atoms with Gasteiger partial charge in [0.15, 0.2) is 0 Å². The van der Waals surface area contributed by atoms with Crippen LogP contribution in [0.25, 0.3) is 0 Å². The van der Waals surface area contributed by atoms with E-state index in [0.29, 0.717) is 12.5 Å². The zero-order valence-electron chi connectivity index (χ0n) is 8.48. The molecule has 0 saturated heterocycles. The van der Waals surface area contributed by atoms with Crippen molar-refractivity contribution in [2.24, 2.45) is 5.92 Å². The Labute approximate surface area is 89.7 Å². The number of hydrogen-bond donors (Lipinski definition) is 1. The van der Waals surface area contributed by atoms with E-state index in [0.717, 1.165) is 6.07 Å². The smallest absolute Gasteiger partial charge is 0.385 e. The van der Waals surface area contributed by atoms with Crippen LogP contribution in [0.1, 0.15) is 24.5 Å². The summed E-state index contributed by atoms with van der Waals surface area (Å²) in [6.07, 6.45) is -4.31. The maximum Gasteiger partial charge on any atom is 0.419 e. The third kappa shape index (κ3) is 1.69. The van der Waals surface area contributed by atoms with Crippen molar-refractivity contribution in [2.75, 3.05) is 0 Å². The van der Waals surface area contributed by atoms with E-state index in [1.807, 2.05) is 0 Å². The van der Waals surface area contributed by atoms with E-state index in [9.17, 15) is 22.7 Å². The van der Waals surface area contributed by atoms with Gasteiger partial charge in [-0.2, -0.15) is 13.2 Å². The van der Waals surface area contributed by atoms with Crippen LogP contribution in [0.5, 0.6) is 0 Å². The van der Waals surface area contributed by atoms with Crippen LogP contribution < -0.4 is 0 Å². The van der Waals surface area contributed by atoms with E-state index in [4.69, 9.17) is 0 Å². The first kappa shape index (κ1) is 11.4. The van der Waals surface area contributed by atoms with Gasteiger partial charge in [-0.05, 0) is 30.0 Å². The summed E-state index contributed by atoms with van der Waals surface area (Å²) in [6, 6.07) is 2.65. The Morgan fingerprint density at radius 1 is 1.38 bits per heavy atom. The Kier molecular flexibility index (Phi) is 2.28. The van der Waals surface area contributed by atoms with Crippen molar-refractivity contribution in [3.8, 4) is 0 Å². The molecule has 0 amide bonds. The highest BCUT2D eigenvalue weighted by molar-refractivity contribution is 5.35. The van der Waals surface area contributed by atoms with E-state index in [2.05, 4.69) is 0 Å². The zero-order chi connectivity index (χ0) is 12.1. The van der Waals surface area contributed by atoms with Gasteiger partial charge in [-0.25, -0.2) is 4.39 Å². The van der Waals surface area contributed by atoms with Crippen molar-refractivity contribution in [3.63, 3.8) is 0 Å². The highest BCUT2D eigenvalue weighted by Gasteiger charge is 2.51. The third-order valence-corrected chi connectivity index (χ3v) is 3.04. The Morgan fingerprint density at radius 3 is 2.38 bits per heavy atom. The summed E-state index contributed by atoms with van der Waals surface area (Å²) in [5.74, 6) is -1.40. The summed E-state index contributed by atoms with van der Waals surface area (Å²) < 4.78 is 50.2. The second-order valence-corrected chi connectivity index (χ2v) is 4.22. The number of benzene rings is 1. The van der Waals surface area contributed by atoms with Crippen molar-refractivity contribution in [2.45, 2.75) is 25.1 Å². The molecule has 1 aromatic carbocycles. The number of hydrogen-bond acceptors (Lipinski definition) is 1. The molecule has 16 heavy (non-hydrogen) atoms. The van der Waals surface area contributed by atoms with E-state index in [-0.39, 0.29) is 11.5 Å².